The van der Waals surface area contributed by atoms with E-state index in [0.717, 1.165) is 0 Å². The Morgan fingerprint density at radius 1 is 1.37 bits per heavy atom. The number of carbonyl (C=O) groups is 2. The highest BCUT2D eigenvalue weighted by Gasteiger charge is 2.18. The van der Waals surface area contributed by atoms with E-state index in [9.17, 15) is 14.0 Å². The van der Waals surface area contributed by atoms with Crippen LogP contribution in [0.4, 0.5) is 4.39 Å². The summed E-state index contributed by atoms with van der Waals surface area (Å²) in [5, 5.41) is 2.51. The molecule has 2 amide bonds. The van der Waals surface area contributed by atoms with Crippen LogP contribution in [0.3, 0.4) is 0 Å². The quantitative estimate of drug-likeness (QED) is 0.833. The van der Waals surface area contributed by atoms with Gasteiger partial charge >= 0.3 is 0 Å². The second-order valence-electron chi connectivity index (χ2n) is 4.05. The fourth-order valence-corrected chi connectivity index (χ4v) is 1.80. The molecule has 1 atom stereocenters. The van der Waals surface area contributed by atoms with Gasteiger partial charge in [0.2, 0.25) is 11.8 Å². The third-order valence-electron chi connectivity index (χ3n) is 2.38. The number of rotatable bonds is 6. The maximum atomic E-state index is 12.7. The number of nitrogens with two attached hydrogens (primary N) is 1. The molecule has 0 heterocycles. The topological polar surface area (TPSA) is 72.2 Å². The summed E-state index contributed by atoms with van der Waals surface area (Å²) in [5.74, 6) is -1.35. The molecule has 0 saturated heterocycles. The van der Waals surface area contributed by atoms with Crippen LogP contribution in [-0.2, 0) is 16.0 Å². The molecule has 0 aliphatic carbocycles. The molecular weight excluding hydrogens is 315 g/mol. The molecule has 0 aromatic heterocycles. The van der Waals surface area contributed by atoms with Crippen molar-refractivity contribution in [3.8, 4) is 0 Å². The first kappa shape index (κ1) is 15.4. The SMILES string of the molecule is C=C(Br)C[C@@H](NC(=O)Cc1ccc(F)cc1)C(N)=O. The molecule has 0 aliphatic heterocycles. The summed E-state index contributed by atoms with van der Waals surface area (Å²) in [7, 11) is 0. The van der Waals surface area contributed by atoms with Gasteiger partial charge in [0.1, 0.15) is 11.9 Å². The van der Waals surface area contributed by atoms with E-state index in [1.165, 1.54) is 24.3 Å². The number of halogens is 2. The summed E-state index contributed by atoms with van der Waals surface area (Å²) >= 11 is 3.11. The Kier molecular flexibility index (Phi) is 5.69. The van der Waals surface area contributed by atoms with Gasteiger partial charge in [-0.25, -0.2) is 4.39 Å². The molecule has 0 aliphatic rings. The minimum Gasteiger partial charge on any atom is -0.368 e. The lowest BCUT2D eigenvalue weighted by molar-refractivity contribution is -0.126. The zero-order valence-electron chi connectivity index (χ0n) is 10.2. The van der Waals surface area contributed by atoms with Crippen LogP contribution in [0, 0.1) is 5.82 Å². The average Bonchev–Trinajstić information content (AvgIpc) is 2.30. The summed E-state index contributed by atoms with van der Waals surface area (Å²) in [5.41, 5.74) is 5.83. The first-order valence-corrected chi connectivity index (χ1v) is 6.34. The standard InChI is InChI=1S/C13H14BrFN2O2/c1-8(14)6-11(13(16)19)17-12(18)7-9-2-4-10(15)5-3-9/h2-5,11H,1,6-7H2,(H2,16,19)(H,17,18)/t11-/m1/s1. The second kappa shape index (κ2) is 7.04. The van der Waals surface area contributed by atoms with Gasteiger partial charge in [-0.1, -0.05) is 34.6 Å². The van der Waals surface area contributed by atoms with E-state index in [2.05, 4.69) is 27.8 Å². The zero-order valence-corrected chi connectivity index (χ0v) is 11.7. The van der Waals surface area contributed by atoms with E-state index < -0.39 is 11.9 Å². The number of hydrogen-bond acceptors (Lipinski definition) is 2. The van der Waals surface area contributed by atoms with Crippen LogP contribution in [0.15, 0.2) is 35.3 Å². The Balaban J connectivity index is 2.59. The first-order valence-electron chi connectivity index (χ1n) is 5.55. The molecule has 0 spiro atoms. The highest BCUT2D eigenvalue weighted by Crippen LogP contribution is 2.10. The molecule has 6 heteroatoms. The Labute approximate surface area is 119 Å². The molecule has 4 nitrogen and oxygen atoms in total. The molecule has 102 valence electrons. The van der Waals surface area contributed by atoms with Crippen molar-refractivity contribution in [2.24, 2.45) is 5.73 Å². The van der Waals surface area contributed by atoms with Crippen molar-refractivity contribution in [1.82, 2.24) is 5.32 Å². The van der Waals surface area contributed by atoms with Gasteiger partial charge in [0.05, 0.1) is 6.42 Å². The van der Waals surface area contributed by atoms with E-state index in [1.54, 1.807) is 0 Å². The number of nitrogens with one attached hydrogen (secondary N) is 1. The smallest absolute Gasteiger partial charge is 0.240 e. The summed E-state index contributed by atoms with van der Waals surface area (Å²) < 4.78 is 13.3. The molecule has 1 aromatic carbocycles. The van der Waals surface area contributed by atoms with E-state index >= 15 is 0 Å². The number of primary amides is 1. The van der Waals surface area contributed by atoms with E-state index in [-0.39, 0.29) is 24.6 Å². The molecule has 1 rings (SSSR count). The largest absolute Gasteiger partial charge is 0.368 e. The van der Waals surface area contributed by atoms with Crippen molar-refractivity contribution < 1.29 is 14.0 Å². The normalized spacial score (nSPS) is 11.7. The summed E-state index contributed by atoms with van der Waals surface area (Å²) in [4.78, 5) is 22.9. The predicted molar refractivity (Wildman–Crippen MR) is 73.9 cm³/mol. The van der Waals surface area contributed by atoms with Crippen LogP contribution in [-0.4, -0.2) is 17.9 Å². The van der Waals surface area contributed by atoms with Gasteiger partial charge in [0.15, 0.2) is 0 Å². The van der Waals surface area contributed by atoms with Crippen molar-refractivity contribution in [1.29, 1.82) is 0 Å². The molecule has 0 unspecified atom stereocenters. The van der Waals surface area contributed by atoms with Gasteiger partial charge < -0.3 is 11.1 Å². The highest BCUT2D eigenvalue weighted by atomic mass is 79.9. The van der Waals surface area contributed by atoms with Crippen molar-refractivity contribution >= 4 is 27.7 Å². The molecule has 3 N–H and O–H groups in total. The lowest BCUT2D eigenvalue weighted by atomic mass is 10.1. The zero-order chi connectivity index (χ0) is 14.4. The number of hydrogen-bond donors (Lipinski definition) is 2. The van der Waals surface area contributed by atoms with Crippen LogP contribution in [0.25, 0.3) is 0 Å². The fraction of sp³-hybridized carbons (Fsp3) is 0.231. The van der Waals surface area contributed by atoms with E-state index in [0.29, 0.717) is 10.0 Å². The van der Waals surface area contributed by atoms with Crippen LogP contribution in [0.5, 0.6) is 0 Å². The minimum atomic E-state index is -0.806. The summed E-state index contributed by atoms with van der Waals surface area (Å²) in [6.45, 7) is 3.59. The van der Waals surface area contributed by atoms with E-state index in [1.807, 2.05) is 0 Å². The van der Waals surface area contributed by atoms with Gasteiger partial charge in [-0.3, -0.25) is 9.59 Å². The molecule has 0 fully saturated rings. The molecule has 1 aromatic rings. The van der Waals surface area contributed by atoms with Crippen LogP contribution < -0.4 is 11.1 Å². The molecule has 0 radical (unpaired) electrons. The maximum absolute atomic E-state index is 12.7. The average molecular weight is 329 g/mol. The summed E-state index contributed by atoms with van der Waals surface area (Å²) in [6.07, 6.45) is 0.281. The van der Waals surface area contributed by atoms with Gasteiger partial charge in [-0.2, -0.15) is 0 Å². The lowest BCUT2D eigenvalue weighted by Crippen LogP contribution is -2.45. The van der Waals surface area contributed by atoms with Gasteiger partial charge in [0, 0.05) is 6.42 Å². The van der Waals surface area contributed by atoms with Crippen LogP contribution in [0.1, 0.15) is 12.0 Å². The first-order chi connectivity index (χ1) is 8.88. The van der Waals surface area contributed by atoms with Crippen LogP contribution >= 0.6 is 15.9 Å². The van der Waals surface area contributed by atoms with Gasteiger partial charge in [0.25, 0.3) is 0 Å². The fourth-order valence-electron chi connectivity index (χ4n) is 1.48. The molecular formula is C13H14BrFN2O2. The van der Waals surface area contributed by atoms with Gasteiger partial charge in [-0.15, -0.1) is 0 Å². The molecule has 0 bridgehead atoms. The Bertz CT molecular complexity index is 488. The Hall–Kier alpha value is -1.69. The van der Waals surface area contributed by atoms with Crippen molar-refractivity contribution in [3.05, 3.63) is 46.7 Å². The third-order valence-corrected chi connectivity index (χ3v) is 2.71. The number of benzene rings is 1. The number of amides is 2. The third kappa shape index (κ3) is 5.65. The summed E-state index contributed by atoms with van der Waals surface area (Å²) in [6, 6.07) is 4.76. The Morgan fingerprint density at radius 2 is 1.95 bits per heavy atom. The van der Waals surface area contributed by atoms with Crippen molar-refractivity contribution in [2.45, 2.75) is 18.9 Å². The number of carbonyl (C=O) groups excluding carboxylic acids is 2. The lowest BCUT2D eigenvalue weighted by Gasteiger charge is -2.14. The maximum Gasteiger partial charge on any atom is 0.240 e. The van der Waals surface area contributed by atoms with Crippen molar-refractivity contribution in [3.63, 3.8) is 0 Å². The monoisotopic (exact) mass is 328 g/mol. The molecule has 19 heavy (non-hydrogen) atoms. The minimum absolute atomic E-state index is 0.0544. The van der Waals surface area contributed by atoms with Crippen LogP contribution in [0.2, 0.25) is 0 Å². The van der Waals surface area contributed by atoms with Gasteiger partial charge in [-0.05, 0) is 22.2 Å². The Morgan fingerprint density at radius 3 is 2.42 bits per heavy atom. The second-order valence-corrected chi connectivity index (χ2v) is 5.17. The van der Waals surface area contributed by atoms with E-state index in [4.69, 9.17) is 5.73 Å². The van der Waals surface area contributed by atoms with Crippen molar-refractivity contribution in [2.75, 3.05) is 0 Å². The highest BCUT2D eigenvalue weighted by molar-refractivity contribution is 9.11. The predicted octanol–water partition coefficient (Wildman–Crippen LogP) is 1.64. The molecule has 0 saturated carbocycles.